The van der Waals surface area contributed by atoms with Crippen molar-refractivity contribution < 1.29 is 19.4 Å². The van der Waals surface area contributed by atoms with Crippen LogP contribution >= 0.6 is 0 Å². The zero-order chi connectivity index (χ0) is 20.7. The van der Waals surface area contributed by atoms with E-state index in [4.69, 9.17) is 10.8 Å². The van der Waals surface area contributed by atoms with Crippen molar-refractivity contribution in [1.29, 1.82) is 0 Å². The van der Waals surface area contributed by atoms with E-state index >= 15 is 0 Å². The molecule has 0 saturated carbocycles. The molecule has 1 heterocycles. The number of hydrogen-bond donors (Lipinski definition) is 4. The lowest BCUT2D eigenvalue weighted by atomic mass is 10.0. The molecule has 2 rings (SSSR count). The first kappa shape index (κ1) is 21.6. The molecule has 0 unspecified atom stereocenters. The Bertz CT molecular complexity index is 823. The standard InChI is InChI=1S/C20H27FN4O3/c1-3-4-15(7-8-26)24-19-16(12(2)23-20(22)25-19)11-14-6-5-13(9-17(14)21)10-18(27)28/h5-6,9,15,26H,3-4,7-8,10-11H2,1-2H3,(H,27,28)(H3,22,23,24,25)/t15-/m0/s1. The third kappa shape index (κ3) is 5.88. The number of aryl methyl sites for hydroxylation is 1. The molecule has 0 fully saturated rings. The summed E-state index contributed by atoms with van der Waals surface area (Å²) >= 11 is 0. The van der Waals surface area contributed by atoms with Crippen LogP contribution in [0, 0.1) is 12.7 Å². The topological polar surface area (TPSA) is 121 Å². The van der Waals surface area contributed by atoms with Gasteiger partial charge < -0.3 is 21.3 Å². The van der Waals surface area contributed by atoms with E-state index in [-0.39, 0.29) is 31.4 Å². The van der Waals surface area contributed by atoms with Crippen molar-refractivity contribution in [2.75, 3.05) is 17.7 Å². The highest BCUT2D eigenvalue weighted by molar-refractivity contribution is 5.70. The summed E-state index contributed by atoms with van der Waals surface area (Å²) in [5.74, 6) is -0.820. The molecule has 0 radical (unpaired) electrons. The van der Waals surface area contributed by atoms with Crippen molar-refractivity contribution in [3.63, 3.8) is 0 Å². The van der Waals surface area contributed by atoms with Crippen LogP contribution in [0.2, 0.25) is 0 Å². The summed E-state index contributed by atoms with van der Waals surface area (Å²) < 4.78 is 14.5. The van der Waals surface area contributed by atoms with Gasteiger partial charge in [-0.15, -0.1) is 0 Å². The number of nitrogens with two attached hydrogens (primary N) is 1. The Morgan fingerprint density at radius 1 is 1.32 bits per heavy atom. The molecule has 1 atom stereocenters. The van der Waals surface area contributed by atoms with Crippen LogP contribution in [0.5, 0.6) is 0 Å². The number of aliphatic hydroxyl groups excluding tert-OH is 1. The molecule has 7 nitrogen and oxygen atoms in total. The van der Waals surface area contributed by atoms with Gasteiger partial charge in [0.1, 0.15) is 11.6 Å². The summed E-state index contributed by atoms with van der Waals surface area (Å²) in [6, 6.07) is 4.46. The van der Waals surface area contributed by atoms with Crippen molar-refractivity contribution in [3.05, 3.63) is 46.4 Å². The Kier molecular flexibility index (Phi) is 7.69. The van der Waals surface area contributed by atoms with Crippen molar-refractivity contribution in [3.8, 4) is 0 Å². The predicted molar refractivity (Wildman–Crippen MR) is 106 cm³/mol. The third-order valence-corrected chi connectivity index (χ3v) is 4.53. The second kappa shape index (κ2) is 9.98. The van der Waals surface area contributed by atoms with E-state index in [1.54, 1.807) is 19.1 Å². The number of nitrogens with zero attached hydrogens (tertiary/aromatic N) is 2. The number of aromatic nitrogens is 2. The number of aliphatic hydroxyl groups is 1. The van der Waals surface area contributed by atoms with Crippen LogP contribution < -0.4 is 11.1 Å². The lowest BCUT2D eigenvalue weighted by Gasteiger charge is -2.21. The number of aliphatic carboxylic acids is 1. The Morgan fingerprint density at radius 2 is 2.07 bits per heavy atom. The molecule has 0 saturated heterocycles. The number of carboxylic acid groups (broad SMARTS) is 1. The molecule has 2 aromatic rings. The second-order valence-corrected chi connectivity index (χ2v) is 6.81. The van der Waals surface area contributed by atoms with Crippen LogP contribution in [0.1, 0.15) is 48.6 Å². The van der Waals surface area contributed by atoms with Gasteiger partial charge in [0.05, 0.1) is 6.42 Å². The summed E-state index contributed by atoms with van der Waals surface area (Å²) in [5.41, 5.74) is 7.99. The zero-order valence-electron chi connectivity index (χ0n) is 16.2. The van der Waals surface area contributed by atoms with Crippen molar-refractivity contribution in [1.82, 2.24) is 9.97 Å². The normalized spacial score (nSPS) is 12.0. The molecule has 5 N–H and O–H groups in total. The fourth-order valence-electron chi connectivity index (χ4n) is 3.14. The highest BCUT2D eigenvalue weighted by atomic mass is 19.1. The van der Waals surface area contributed by atoms with Gasteiger partial charge in [0.25, 0.3) is 0 Å². The molecule has 0 aliphatic heterocycles. The Morgan fingerprint density at radius 3 is 2.68 bits per heavy atom. The van der Waals surface area contributed by atoms with E-state index < -0.39 is 11.8 Å². The third-order valence-electron chi connectivity index (χ3n) is 4.53. The van der Waals surface area contributed by atoms with Gasteiger partial charge in [0, 0.05) is 30.3 Å². The Balaban J connectivity index is 2.33. The van der Waals surface area contributed by atoms with Crippen LogP contribution in [0.3, 0.4) is 0 Å². The molecule has 28 heavy (non-hydrogen) atoms. The van der Waals surface area contributed by atoms with Gasteiger partial charge >= 0.3 is 5.97 Å². The van der Waals surface area contributed by atoms with E-state index in [1.807, 2.05) is 0 Å². The maximum Gasteiger partial charge on any atom is 0.307 e. The maximum atomic E-state index is 14.5. The molecule has 0 amide bonds. The molecular formula is C20H27FN4O3. The molecule has 0 spiro atoms. The number of carboxylic acids is 1. The van der Waals surface area contributed by atoms with Crippen LogP contribution in [0.25, 0.3) is 0 Å². The van der Waals surface area contributed by atoms with Crippen molar-refractivity contribution in [2.45, 2.75) is 52.0 Å². The van der Waals surface area contributed by atoms with Gasteiger partial charge in [0.15, 0.2) is 0 Å². The van der Waals surface area contributed by atoms with E-state index in [0.29, 0.717) is 29.1 Å². The number of anilines is 2. The minimum atomic E-state index is -1.01. The average Bonchev–Trinajstić information content (AvgIpc) is 2.59. The first-order valence-corrected chi connectivity index (χ1v) is 9.33. The van der Waals surface area contributed by atoms with Crippen molar-refractivity contribution >= 4 is 17.7 Å². The van der Waals surface area contributed by atoms with Gasteiger partial charge in [0.2, 0.25) is 5.95 Å². The molecular weight excluding hydrogens is 363 g/mol. The smallest absolute Gasteiger partial charge is 0.307 e. The van der Waals surface area contributed by atoms with E-state index in [9.17, 15) is 14.3 Å². The Labute approximate surface area is 163 Å². The second-order valence-electron chi connectivity index (χ2n) is 6.81. The summed E-state index contributed by atoms with van der Waals surface area (Å²) in [7, 11) is 0. The molecule has 152 valence electrons. The number of nitrogens with one attached hydrogen (secondary N) is 1. The lowest BCUT2D eigenvalue weighted by Crippen LogP contribution is -2.23. The highest BCUT2D eigenvalue weighted by Crippen LogP contribution is 2.25. The molecule has 8 heteroatoms. The minimum Gasteiger partial charge on any atom is -0.481 e. The number of halogens is 1. The van der Waals surface area contributed by atoms with Crippen LogP contribution in [0.15, 0.2) is 18.2 Å². The Hall–Kier alpha value is -2.74. The zero-order valence-corrected chi connectivity index (χ0v) is 16.2. The fraction of sp³-hybridized carbons (Fsp3) is 0.450. The number of hydrogen-bond acceptors (Lipinski definition) is 6. The molecule has 1 aromatic heterocycles. The summed E-state index contributed by atoms with van der Waals surface area (Å²) in [6.45, 7) is 3.89. The minimum absolute atomic E-state index is 0.0187. The van der Waals surface area contributed by atoms with Gasteiger partial charge in [-0.3, -0.25) is 4.79 Å². The lowest BCUT2D eigenvalue weighted by molar-refractivity contribution is -0.136. The summed E-state index contributed by atoms with van der Waals surface area (Å²) in [5, 5.41) is 21.5. The van der Waals surface area contributed by atoms with Crippen LogP contribution in [-0.2, 0) is 17.6 Å². The van der Waals surface area contributed by atoms with Crippen LogP contribution in [0.4, 0.5) is 16.2 Å². The molecule has 0 aliphatic rings. The highest BCUT2D eigenvalue weighted by Gasteiger charge is 2.17. The predicted octanol–water partition coefficient (Wildman–Crippen LogP) is 2.69. The quantitative estimate of drug-likeness (QED) is 0.492. The van der Waals surface area contributed by atoms with Crippen molar-refractivity contribution in [2.24, 2.45) is 0 Å². The molecule has 0 bridgehead atoms. The number of carbonyl (C=O) groups is 1. The van der Waals surface area contributed by atoms with Gasteiger partial charge in [-0.2, -0.15) is 4.98 Å². The summed E-state index contributed by atoms with van der Waals surface area (Å²) in [4.78, 5) is 19.3. The maximum absolute atomic E-state index is 14.5. The van der Waals surface area contributed by atoms with E-state index in [1.165, 1.54) is 6.07 Å². The number of benzene rings is 1. The van der Waals surface area contributed by atoms with E-state index in [2.05, 4.69) is 22.2 Å². The van der Waals surface area contributed by atoms with Crippen LogP contribution in [-0.4, -0.2) is 38.8 Å². The SMILES string of the molecule is CCC[C@@H](CCO)Nc1nc(N)nc(C)c1Cc1ccc(CC(=O)O)cc1F. The first-order valence-electron chi connectivity index (χ1n) is 9.33. The number of rotatable bonds is 10. The summed E-state index contributed by atoms with van der Waals surface area (Å²) in [6.07, 6.45) is 2.36. The van der Waals surface area contributed by atoms with E-state index in [0.717, 1.165) is 18.4 Å². The van der Waals surface area contributed by atoms with Gasteiger partial charge in [-0.1, -0.05) is 25.5 Å². The molecule has 1 aromatic carbocycles. The first-order chi connectivity index (χ1) is 13.3. The number of nitrogen functional groups attached to an aromatic ring is 1. The monoisotopic (exact) mass is 390 g/mol. The largest absolute Gasteiger partial charge is 0.481 e. The molecule has 0 aliphatic carbocycles. The van der Waals surface area contributed by atoms with Gasteiger partial charge in [-0.05, 0) is 37.0 Å². The van der Waals surface area contributed by atoms with Gasteiger partial charge in [-0.25, -0.2) is 9.37 Å². The average molecular weight is 390 g/mol. The fourth-order valence-corrected chi connectivity index (χ4v) is 3.14.